The molecule has 0 saturated carbocycles. The van der Waals surface area contributed by atoms with Crippen LogP contribution in [0.3, 0.4) is 0 Å². The molecule has 3 rings (SSSR count). The van der Waals surface area contributed by atoms with Crippen molar-refractivity contribution < 1.29 is 29.0 Å². The molecule has 2 saturated heterocycles. The molecule has 2 aliphatic heterocycles. The number of rotatable bonds is 8. The number of esters is 2. The summed E-state index contributed by atoms with van der Waals surface area (Å²) < 4.78 is 12.0. The number of nitrogens with zero attached hydrogens (tertiary/aromatic N) is 3. The highest BCUT2D eigenvalue weighted by molar-refractivity contribution is 5.90. The first-order valence-corrected chi connectivity index (χ1v) is 17.2. The monoisotopic (exact) mass is 657 g/mol. The summed E-state index contributed by atoms with van der Waals surface area (Å²) in [6.07, 6.45) is 2.01. The van der Waals surface area contributed by atoms with Gasteiger partial charge >= 0.3 is 11.9 Å². The Kier molecular flexibility index (Phi) is 11.0. The first-order chi connectivity index (χ1) is 21.2. The van der Waals surface area contributed by atoms with E-state index in [1.54, 1.807) is 13.0 Å². The SMILES string of the molecule is Cc1cc(C(C)C(=O)N(CC(=O)OC2CC(C)(C)N(C)C(C)(C)C2)CC(=O)OC2CC(C)(C)N(C)C(C)(C)C2)cc(C(C)(C)C)c1O. The molecule has 1 unspecified atom stereocenters. The summed E-state index contributed by atoms with van der Waals surface area (Å²) in [5.74, 6) is -1.94. The molecule has 1 aromatic carbocycles. The molecule has 1 amide bonds. The van der Waals surface area contributed by atoms with Crippen LogP contribution in [0, 0.1) is 6.92 Å². The molecule has 2 heterocycles. The van der Waals surface area contributed by atoms with E-state index in [1.807, 2.05) is 33.8 Å². The summed E-state index contributed by atoms with van der Waals surface area (Å²) in [6.45, 7) is 26.0. The highest BCUT2D eigenvalue weighted by atomic mass is 16.6. The van der Waals surface area contributed by atoms with Gasteiger partial charge in [0.15, 0.2) is 0 Å². The minimum atomic E-state index is -0.682. The van der Waals surface area contributed by atoms with Gasteiger partial charge in [0.25, 0.3) is 0 Å². The zero-order chi connectivity index (χ0) is 36.1. The van der Waals surface area contributed by atoms with E-state index in [4.69, 9.17) is 9.47 Å². The summed E-state index contributed by atoms with van der Waals surface area (Å²) in [5, 5.41) is 10.8. The minimum Gasteiger partial charge on any atom is -0.507 e. The lowest BCUT2D eigenvalue weighted by Crippen LogP contribution is -2.60. The lowest BCUT2D eigenvalue weighted by atomic mass is 9.79. The maximum absolute atomic E-state index is 14.2. The van der Waals surface area contributed by atoms with Crippen molar-refractivity contribution in [3.05, 3.63) is 28.8 Å². The number of phenols is 1. The van der Waals surface area contributed by atoms with E-state index < -0.39 is 17.9 Å². The molecule has 9 nitrogen and oxygen atoms in total. The average Bonchev–Trinajstić information content (AvgIpc) is 2.89. The van der Waals surface area contributed by atoms with Crippen molar-refractivity contribution >= 4 is 17.8 Å². The first kappa shape index (κ1) is 38.8. The van der Waals surface area contributed by atoms with Crippen LogP contribution >= 0.6 is 0 Å². The molecule has 0 bridgehead atoms. The van der Waals surface area contributed by atoms with Gasteiger partial charge in [-0.25, -0.2) is 0 Å². The lowest BCUT2D eigenvalue weighted by molar-refractivity contribution is -0.167. The molecule has 1 N–H and O–H groups in total. The Labute approximate surface area is 284 Å². The van der Waals surface area contributed by atoms with Crippen molar-refractivity contribution in [1.82, 2.24) is 14.7 Å². The predicted octanol–water partition coefficient (Wildman–Crippen LogP) is 6.32. The van der Waals surface area contributed by atoms with Gasteiger partial charge in [-0.1, -0.05) is 32.9 Å². The summed E-state index contributed by atoms with van der Waals surface area (Å²) in [5.41, 5.74) is 1.02. The number of ether oxygens (including phenoxy) is 2. The van der Waals surface area contributed by atoms with E-state index in [1.165, 1.54) is 4.90 Å². The fourth-order valence-electron chi connectivity index (χ4n) is 7.74. The van der Waals surface area contributed by atoms with Gasteiger partial charge in [0, 0.05) is 47.8 Å². The van der Waals surface area contributed by atoms with Gasteiger partial charge in [-0.05, 0) is 105 Å². The summed E-state index contributed by atoms with van der Waals surface area (Å²) in [4.78, 5) is 47.2. The third-order valence-corrected chi connectivity index (χ3v) is 11.1. The third-order valence-electron chi connectivity index (χ3n) is 11.1. The highest BCUT2D eigenvalue weighted by Gasteiger charge is 2.46. The second-order valence-corrected chi connectivity index (χ2v) is 17.8. The Balaban J connectivity index is 1.87. The van der Waals surface area contributed by atoms with E-state index in [0.717, 1.165) is 5.56 Å². The number of aryl methyl sites for hydroxylation is 1. The molecule has 2 fully saturated rings. The van der Waals surface area contributed by atoms with Crippen LogP contribution in [0.4, 0.5) is 0 Å². The molecular weight excluding hydrogens is 594 g/mol. The van der Waals surface area contributed by atoms with E-state index in [-0.39, 0.29) is 64.5 Å². The lowest BCUT2D eigenvalue weighted by Gasteiger charge is -2.53. The maximum atomic E-state index is 14.2. The largest absolute Gasteiger partial charge is 0.507 e. The molecule has 0 radical (unpaired) electrons. The van der Waals surface area contributed by atoms with Gasteiger partial charge in [0.05, 0.1) is 5.92 Å². The topological polar surface area (TPSA) is 99.6 Å². The smallest absolute Gasteiger partial charge is 0.325 e. The van der Waals surface area contributed by atoms with Gasteiger partial charge in [-0.3, -0.25) is 24.2 Å². The minimum absolute atomic E-state index is 0.183. The fraction of sp³-hybridized carbons (Fsp3) is 0.763. The van der Waals surface area contributed by atoms with Crippen molar-refractivity contribution in [3.63, 3.8) is 0 Å². The molecular formula is C38H63N3O6. The zero-order valence-electron chi connectivity index (χ0n) is 32.0. The molecule has 0 aliphatic carbocycles. The highest BCUT2D eigenvalue weighted by Crippen LogP contribution is 2.40. The Morgan fingerprint density at radius 3 is 1.51 bits per heavy atom. The summed E-state index contributed by atoms with van der Waals surface area (Å²) in [6, 6.07) is 3.65. The molecule has 9 heteroatoms. The molecule has 1 atom stereocenters. The Morgan fingerprint density at radius 1 is 0.809 bits per heavy atom. The number of benzene rings is 1. The average molecular weight is 658 g/mol. The number of hydrogen-bond acceptors (Lipinski definition) is 8. The quantitative estimate of drug-likeness (QED) is 0.325. The molecule has 47 heavy (non-hydrogen) atoms. The Hall–Kier alpha value is -2.65. The number of carbonyl (C=O) groups excluding carboxylic acids is 3. The van der Waals surface area contributed by atoms with E-state index in [0.29, 0.717) is 36.8 Å². The standard InChI is InChI=1S/C38H63N3O6/c1-24-16-26(17-29(32(24)44)34(3,4)5)25(2)33(45)41(22-30(42)46-27-18-35(6,7)39(14)36(8,9)19-27)23-31(43)47-28-20-37(10,11)40(15)38(12,13)21-28/h16-17,25,27-28,44H,18-23H2,1-15H3. The van der Waals surface area contributed by atoms with Gasteiger partial charge in [-0.2, -0.15) is 0 Å². The van der Waals surface area contributed by atoms with Gasteiger partial charge in [0.2, 0.25) is 5.91 Å². The third kappa shape index (κ3) is 8.88. The van der Waals surface area contributed by atoms with Crippen LogP contribution in [0.5, 0.6) is 5.75 Å². The van der Waals surface area contributed by atoms with E-state index in [2.05, 4.69) is 79.3 Å². The number of amides is 1. The Bertz CT molecular complexity index is 1250. The van der Waals surface area contributed by atoms with Gasteiger partial charge in [0.1, 0.15) is 31.0 Å². The number of hydrogen-bond donors (Lipinski definition) is 1. The molecule has 0 aromatic heterocycles. The maximum Gasteiger partial charge on any atom is 0.325 e. The molecule has 2 aliphatic rings. The second kappa shape index (κ2) is 13.3. The summed E-state index contributed by atoms with van der Waals surface area (Å²) in [7, 11) is 4.18. The molecule has 1 aromatic rings. The van der Waals surface area contributed by atoms with Crippen molar-refractivity contribution in [2.45, 2.75) is 161 Å². The number of phenolic OH excluding ortho intramolecular Hbond substituents is 1. The number of piperidine rings is 2. The van der Waals surface area contributed by atoms with Crippen LogP contribution in [-0.4, -0.2) is 99.2 Å². The van der Waals surface area contributed by atoms with E-state index in [9.17, 15) is 19.5 Å². The number of likely N-dealkylation sites (tertiary alicyclic amines) is 2. The first-order valence-electron chi connectivity index (χ1n) is 17.2. The molecule has 266 valence electrons. The van der Waals surface area contributed by atoms with Crippen LogP contribution in [0.2, 0.25) is 0 Å². The number of carbonyl (C=O) groups is 3. The zero-order valence-corrected chi connectivity index (χ0v) is 32.0. The molecule has 0 spiro atoms. The van der Waals surface area contributed by atoms with Crippen molar-refractivity contribution in [2.24, 2.45) is 0 Å². The van der Waals surface area contributed by atoms with Crippen LogP contribution in [0.15, 0.2) is 12.1 Å². The van der Waals surface area contributed by atoms with Crippen LogP contribution in [0.25, 0.3) is 0 Å². The predicted molar refractivity (Wildman–Crippen MR) is 187 cm³/mol. The van der Waals surface area contributed by atoms with Crippen molar-refractivity contribution in [1.29, 1.82) is 0 Å². The van der Waals surface area contributed by atoms with Gasteiger partial charge in [-0.15, -0.1) is 0 Å². The van der Waals surface area contributed by atoms with Crippen LogP contribution < -0.4 is 0 Å². The van der Waals surface area contributed by atoms with Gasteiger partial charge < -0.3 is 19.5 Å². The van der Waals surface area contributed by atoms with Crippen molar-refractivity contribution in [2.75, 3.05) is 27.2 Å². The normalized spacial score (nSPS) is 22.4. The fourth-order valence-corrected chi connectivity index (χ4v) is 7.74. The van der Waals surface area contributed by atoms with Crippen molar-refractivity contribution in [3.8, 4) is 5.75 Å². The van der Waals surface area contributed by atoms with Crippen LogP contribution in [-0.2, 0) is 29.3 Å². The summed E-state index contributed by atoms with van der Waals surface area (Å²) >= 11 is 0. The second-order valence-electron chi connectivity index (χ2n) is 17.8. The Morgan fingerprint density at radius 2 is 1.17 bits per heavy atom. The number of aromatic hydroxyl groups is 1. The van der Waals surface area contributed by atoms with E-state index >= 15 is 0 Å². The van der Waals surface area contributed by atoms with Crippen LogP contribution in [0.1, 0.15) is 131 Å².